The SMILES string of the molecule is c1ccc(-c2nc(-c3ccc4c(-c5cccc6c5oc5c7cccc8c7c(cc65)-c5ccccc5-8)cccc4c3)nc(-c3cccc4oc5ccccc5c34)n2)cc1. The van der Waals surface area contributed by atoms with E-state index < -0.39 is 0 Å². The van der Waals surface area contributed by atoms with Gasteiger partial charge in [0, 0.05) is 54.6 Å². The monoisotopic (exact) mass is 739 g/mol. The maximum atomic E-state index is 6.96. The fourth-order valence-electron chi connectivity index (χ4n) is 9.29. The van der Waals surface area contributed by atoms with Gasteiger partial charge in [0.2, 0.25) is 0 Å². The van der Waals surface area contributed by atoms with E-state index in [1.54, 1.807) is 0 Å². The second kappa shape index (κ2) is 11.8. The maximum Gasteiger partial charge on any atom is 0.164 e. The number of para-hydroxylation sites is 2. The fourth-order valence-corrected chi connectivity index (χ4v) is 9.29. The summed E-state index contributed by atoms with van der Waals surface area (Å²) < 4.78 is 13.2. The molecule has 0 fully saturated rings. The first-order valence-corrected chi connectivity index (χ1v) is 19.5. The van der Waals surface area contributed by atoms with E-state index in [0.29, 0.717) is 17.5 Å². The molecule has 0 aliphatic heterocycles. The van der Waals surface area contributed by atoms with Gasteiger partial charge >= 0.3 is 0 Å². The molecule has 0 spiro atoms. The van der Waals surface area contributed by atoms with Gasteiger partial charge in [0.1, 0.15) is 22.3 Å². The van der Waals surface area contributed by atoms with Crippen molar-refractivity contribution in [2.24, 2.45) is 0 Å². The molecule has 9 aromatic carbocycles. The zero-order valence-corrected chi connectivity index (χ0v) is 30.9. The van der Waals surface area contributed by atoms with Gasteiger partial charge in [-0.1, -0.05) is 152 Å². The smallest absolute Gasteiger partial charge is 0.164 e. The average Bonchev–Trinajstić information content (AvgIpc) is 3.97. The lowest BCUT2D eigenvalue weighted by molar-refractivity contribution is 0.669. The van der Waals surface area contributed by atoms with E-state index in [9.17, 15) is 0 Å². The van der Waals surface area contributed by atoms with Gasteiger partial charge in [0.25, 0.3) is 0 Å². The Labute approximate surface area is 331 Å². The first kappa shape index (κ1) is 31.3. The van der Waals surface area contributed by atoms with Gasteiger partial charge in [-0.2, -0.15) is 0 Å². The maximum absolute atomic E-state index is 6.96. The molecule has 0 amide bonds. The van der Waals surface area contributed by atoms with Crippen LogP contribution in [-0.2, 0) is 0 Å². The van der Waals surface area contributed by atoms with Crippen molar-refractivity contribution in [1.82, 2.24) is 15.0 Å². The average molecular weight is 740 g/mol. The van der Waals surface area contributed by atoms with Crippen LogP contribution in [0, 0.1) is 0 Å². The highest BCUT2D eigenvalue weighted by Gasteiger charge is 2.25. The molecule has 12 aromatic rings. The van der Waals surface area contributed by atoms with Crippen LogP contribution in [0.15, 0.2) is 185 Å². The minimum absolute atomic E-state index is 0.595. The summed E-state index contributed by atoms with van der Waals surface area (Å²) in [6, 6.07) is 61.4. The Morgan fingerprint density at radius 3 is 1.83 bits per heavy atom. The van der Waals surface area contributed by atoms with Gasteiger partial charge in [0.15, 0.2) is 17.5 Å². The molecule has 268 valence electrons. The van der Waals surface area contributed by atoms with Crippen molar-refractivity contribution in [1.29, 1.82) is 0 Å². The summed E-state index contributed by atoms with van der Waals surface area (Å²) in [7, 11) is 0. The Hall–Kier alpha value is -7.89. The van der Waals surface area contributed by atoms with Crippen LogP contribution in [0.1, 0.15) is 0 Å². The molecule has 5 nitrogen and oxygen atoms in total. The number of benzene rings is 9. The number of furan rings is 2. The molecule has 5 heteroatoms. The Kier molecular flexibility index (Phi) is 6.38. The summed E-state index contributed by atoms with van der Waals surface area (Å²) in [6.07, 6.45) is 0. The van der Waals surface area contributed by atoms with Gasteiger partial charge in [-0.05, 0) is 62.9 Å². The van der Waals surface area contributed by atoms with Gasteiger partial charge in [-0.3, -0.25) is 0 Å². The molecule has 0 saturated carbocycles. The number of rotatable bonds is 4. The molecule has 1 aliphatic carbocycles. The largest absolute Gasteiger partial charge is 0.456 e. The third-order valence-electron chi connectivity index (χ3n) is 11.9. The first-order chi connectivity index (χ1) is 28.7. The molecular formula is C53H29N3O2. The zero-order valence-electron chi connectivity index (χ0n) is 30.9. The van der Waals surface area contributed by atoms with E-state index in [1.165, 1.54) is 27.6 Å². The number of fused-ring (bicyclic) bond motifs is 11. The topological polar surface area (TPSA) is 65.0 Å². The molecule has 3 heterocycles. The van der Waals surface area contributed by atoms with Crippen molar-refractivity contribution < 1.29 is 8.83 Å². The Bertz CT molecular complexity index is 3690. The van der Waals surface area contributed by atoms with Crippen molar-refractivity contribution >= 4 is 65.4 Å². The number of hydrogen-bond donors (Lipinski definition) is 0. The molecule has 0 N–H and O–H groups in total. The van der Waals surface area contributed by atoms with Crippen molar-refractivity contribution in [2.75, 3.05) is 0 Å². The third kappa shape index (κ3) is 4.44. The number of aromatic nitrogens is 3. The molecule has 58 heavy (non-hydrogen) atoms. The van der Waals surface area contributed by atoms with E-state index in [1.807, 2.05) is 60.7 Å². The minimum atomic E-state index is 0.595. The minimum Gasteiger partial charge on any atom is -0.456 e. The second-order valence-electron chi connectivity index (χ2n) is 15.0. The van der Waals surface area contributed by atoms with Gasteiger partial charge in [0.05, 0.1) is 0 Å². The van der Waals surface area contributed by atoms with Crippen molar-refractivity contribution in [3.63, 3.8) is 0 Å². The lowest BCUT2D eigenvalue weighted by atomic mass is 9.95. The third-order valence-corrected chi connectivity index (χ3v) is 11.9. The quantitative estimate of drug-likeness (QED) is 0.180. The number of nitrogens with zero attached hydrogens (tertiary/aromatic N) is 3. The van der Waals surface area contributed by atoms with Crippen LogP contribution in [-0.4, -0.2) is 15.0 Å². The second-order valence-corrected chi connectivity index (χ2v) is 15.0. The molecule has 0 atom stereocenters. The predicted molar refractivity (Wildman–Crippen MR) is 236 cm³/mol. The van der Waals surface area contributed by atoms with E-state index in [-0.39, 0.29) is 0 Å². The van der Waals surface area contributed by atoms with Crippen molar-refractivity contribution in [2.45, 2.75) is 0 Å². The number of hydrogen-bond acceptors (Lipinski definition) is 5. The van der Waals surface area contributed by atoms with E-state index >= 15 is 0 Å². The highest BCUT2D eigenvalue weighted by Crippen LogP contribution is 2.51. The van der Waals surface area contributed by atoms with Gasteiger partial charge in [-0.15, -0.1) is 0 Å². The van der Waals surface area contributed by atoms with Gasteiger partial charge in [-0.25, -0.2) is 15.0 Å². The van der Waals surface area contributed by atoms with E-state index in [2.05, 4.69) is 115 Å². The summed E-state index contributed by atoms with van der Waals surface area (Å²) >= 11 is 0. The van der Waals surface area contributed by atoms with E-state index in [0.717, 1.165) is 87.9 Å². The summed E-state index contributed by atoms with van der Waals surface area (Å²) in [5, 5.41) is 8.88. The highest BCUT2D eigenvalue weighted by molar-refractivity contribution is 6.27. The fraction of sp³-hybridized carbons (Fsp3) is 0. The van der Waals surface area contributed by atoms with Gasteiger partial charge < -0.3 is 8.83 Å². The van der Waals surface area contributed by atoms with E-state index in [4.69, 9.17) is 23.8 Å². The molecule has 13 rings (SSSR count). The van der Waals surface area contributed by atoms with Crippen LogP contribution in [0.25, 0.3) is 133 Å². The standard InChI is InChI=1S/C53H29N3O2/c1-2-12-30(13-3-1)51-54-52(56-53(55-51)42-23-11-25-46-48(42)40-17-6-7-24-45(40)57-46)32-26-27-33-31(28-32)14-8-18-34(33)38-20-10-21-39-44-29-43-36-16-5-4-15-35(36)37-19-9-22-41(47(37)43)50(44)58-49(38)39/h1-29H. The van der Waals surface area contributed by atoms with Crippen molar-refractivity contribution in [3.8, 4) is 67.5 Å². The Morgan fingerprint density at radius 2 is 0.931 bits per heavy atom. The normalized spacial score (nSPS) is 12.1. The van der Waals surface area contributed by atoms with Crippen molar-refractivity contribution in [3.05, 3.63) is 176 Å². The molecular weight excluding hydrogens is 711 g/mol. The molecule has 0 saturated heterocycles. The van der Waals surface area contributed by atoms with Crippen LogP contribution in [0.4, 0.5) is 0 Å². The van der Waals surface area contributed by atoms with Crippen LogP contribution in [0.2, 0.25) is 0 Å². The lowest BCUT2D eigenvalue weighted by Gasteiger charge is -2.11. The predicted octanol–water partition coefficient (Wildman–Crippen LogP) is 14.3. The summed E-state index contributed by atoms with van der Waals surface area (Å²) in [4.78, 5) is 15.3. The Morgan fingerprint density at radius 1 is 0.293 bits per heavy atom. The van der Waals surface area contributed by atoms with Crippen LogP contribution in [0.3, 0.4) is 0 Å². The summed E-state index contributed by atoms with van der Waals surface area (Å²) in [5.74, 6) is 1.81. The zero-order chi connectivity index (χ0) is 37.9. The van der Waals surface area contributed by atoms with Crippen LogP contribution < -0.4 is 0 Å². The molecule has 0 radical (unpaired) electrons. The highest BCUT2D eigenvalue weighted by atomic mass is 16.3. The summed E-state index contributed by atoms with van der Waals surface area (Å²) in [6.45, 7) is 0. The molecule has 0 bridgehead atoms. The van der Waals surface area contributed by atoms with Crippen LogP contribution in [0.5, 0.6) is 0 Å². The molecule has 1 aliphatic rings. The summed E-state index contributed by atoms with van der Waals surface area (Å²) in [5.41, 5.74) is 13.4. The first-order valence-electron chi connectivity index (χ1n) is 19.5. The molecule has 0 unspecified atom stereocenters. The Balaban J connectivity index is 0.982. The lowest BCUT2D eigenvalue weighted by Crippen LogP contribution is -2.00. The van der Waals surface area contributed by atoms with Crippen LogP contribution >= 0.6 is 0 Å². The molecule has 3 aromatic heterocycles.